The summed E-state index contributed by atoms with van der Waals surface area (Å²) in [5.74, 6) is 0.351. The molecule has 2 aromatic carbocycles. The fourth-order valence-corrected chi connectivity index (χ4v) is 2.55. The van der Waals surface area contributed by atoms with E-state index >= 15 is 0 Å². The van der Waals surface area contributed by atoms with Crippen molar-refractivity contribution >= 4 is 22.6 Å². The summed E-state index contributed by atoms with van der Waals surface area (Å²) in [5, 5.41) is 13.8. The molecule has 0 aliphatic carbocycles. The molecule has 0 saturated carbocycles. The lowest BCUT2D eigenvalue weighted by Crippen LogP contribution is -2.29. The van der Waals surface area contributed by atoms with Gasteiger partial charge in [-0.2, -0.15) is 0 Å². The third-order valence-electron chi connectivity index (χ3n) is 3.73. The lowest BCUT2D eigenvalue weighted by atomic mass is 10.1. The minimum absolute atomic E-state index is 0.0518. The van der Waals surface area contributed by atoms with E-state index in [1.54, 1.807) is 18.2 Å². The summed E-state index contributed by atoms with van der Waals surface area (Å²) in [4.78, 5) is 30.3. The van der Waals surface area contributed by atoms with Gasteiger partial charge in [-0.05, 0) is 19.1 Å². The molecule has 1 heterocycles. The first-order chi connectivity index (χ1) is 11.5. The molecule has 0 bridgehead atoms. The highest BCUT2D eigenvalue weighted by molar-refractivity contribution is 5.80. The molecule has 122 valence electrons. The van der Waals surface area contributed by atoms with Gasteiger partial charge in [0, 0.05) is 11.6 Å². The van der Waals surface area contributed by atoms with Gasteiger partial charge in [-0.25, -0.2) is 4.98 Å². The summed E-state index contributed by atoms with van der Waals surface area (Å²) in [6.07, 6.45) is -0.0538. The molecule has 1 atom stereocenters. The van der Waals surface area contributed by atoms with Crippen LogP contribution < -0.4 is 5.32 Å². The van der Waals surface area contributed by atoms with Crippen molar-refractivity contribution in [2.75, 3.05) is 0 Å². The Morgan fingerprint density at radius 3 is 2.71 bits per heavy atom. The van der Waals surface area contributed by atoms with E-state index in [0.717, 1.165) is 11.0 Å². The minimum atomic E-state index is -0.481. The number of nitro groups is 1. The highest BCUT2D eigenvalue weighted by Gasteiger charge is 2.18. The summed E-state index contributed by atoms with van der Waals surface area (Å²) in [7, 11) is 0. The zero-order valence-electron chi connectivity index (χ0n) is 13.0. The third kappa shape index (κ3) is 3.24. The fourth-order valence-electron chi connectivity index (χ4n) is 2.55. The van der Waals surface area contributed by atoms with Crippen LogP contribution in [-0.2, 0) is 11.2 Å². The first kappa shape index (κ1) is 15.7. The summed E-state index contributed by atoms with van der Waals surface area (Å²) < 4.78 is 0. The number of hydrogen-bond acceptors (Lipinski definition) is 4. The molecule has 0 unspecified atom stereocenters. The lowest BCUT2D eigenvalue weighted by molar-refractivity contribution is -0.385. The summed E-state index contributed by atoms with van der Waals surface area (Å²) in [5.41, 5.74) is 2.06. The molecular weight excluding hydrogens is 308 g/mol. The van der Waals surface area contributed by atoms with Gasteiger partial charge in [-0.15, -0.1) is 0 Å². The Morgan fingerprint density at radius 2 is 1.96 bits per heavy atom. The van der Waals surface area contributed by atoms with Crippen LogP contribution in [0.15, 0.2) is 48.5 Å². The summed E-state index contributed by atoms with van der Waals surface area (Å²) in [6, 6.07) is 13.5. The maximum absolute atomic E-state index is 12.2. The number of para-hydroxylation sites is 3. The second-order valence-electron chi connectivity index (χ2n) is 5.49. The van der Waals surface area contributed by atoms with Crippen LogP contribution in [0.3, 0.4) is 0 Å². The zero-order chi connectivity index (χ0) is 17.1. The number of hydrogen-bond donors (Lipinski definition) is 2. The molecule has 3 aromatic rings. The molecule has 0 spiro atoms. The van der Waals surface area contributed by atoms with Crippen LogP contribution in [0.25, 0.3) is 11.0 Å². The molecule has 3 rings (SSSR count). The molecular formula is C17H16N4O3. The van der Waals surface area contributed by atoms with Crippen molar-refractivity contribution in [2.45, 2.75) is 19.4 Å². The van der Waals surface area contributed by atoms with Gasteiger partial charge >= 0.3 is 0 Å². The van der Waals surface area contributed by atoms with Crippen molar-refractivity contribution < 1.29 is 9.72 Å². The Kier molecular flexibility index (Phi) is 4.24. The molecule has 2 N–H and O–H groups in total. The predicted octanol–water partition coefficient (Wildman–Crippen LogP) is 2.89. The van der Waals surface area contributed by atoms with Crippen molar-refractivity contribution in [3.8, 4) is 0 Å². The first-order valence-corrected chi connectivity index (χ1v) is 7.51. The second-order valence-corrected chi connectivity index (χ2v) is 5.49. The van der Waals surface area contributed by atoms with Crippen LogP contribution in [0.5, 0.6) is 0 Å². The standard InChI is InChI=1S/C17H16N4O3/c1-11(17-19-13-7-3-4-8-14(13)20-17)18-16(22)10-12-6-2-5-9-15(12)21(23)24/h2-9,11H,10H2,1H3,(H,18,22)(H,19,20)/t11-/m0/s1. The molecule has 7 heteroatoms. The third-order valence-corrected chi connectivity index (χ3v) is 3.73. The molecule has 7 nitrogen and oxygen atoms in total. The van der Waals surface area contributed by atoms with Crippen LogP contribution >= 0.6 is 0 Å². The maximum Gasteiger partial charge on any atom is 0.273 e. The highest BCUT2D eigenvalue weighted by atomic mass is 16.6. The van der Waals surface area contributed by atoms with Gasteiger partial charge in [0.25, 0.3) is 5.69 Å². The van der Waals surface area contributed by atoms with Crippen LogP contribution in [-0.4, -0.2) is 20.8 Å². The van der Waals surface area contributed by atoms with Crippen molar-refractivity contribution in [2.24, 2.45) is 0 Å². The van der Waals surface area contributed by atoms with E-state index in [0.29, 0.717) is 11.4 Å². The fraction of sp³-hybridized carbons (Fsp3) is 0.176. The quantitative estimate of drug-likeness (QED) is 0.556. The molecule has 0 aliphatic heterocycles. The normalized spacial score (nSPS) is 12.0. The summed E-state index contributed by atoms with van der Waals surface area (Å²) >= 11 is 0. The van der Waals surface area contributed by atoms with Crippen molar-refractivity contribution in [3.05, 3.63) is 70.0 Å². The number of H-pyrrole nitrogens is 1. The largest absolute Gasteiger partial charge is 0.346 e. The number of imidazole rings is 1. The lowest BCUT2D eigenvalue weighted by Gasteiger charge is -2.11. The number of nitrogens with one attached hydrogen (secondary N) is 2. The number of benzene rings is 2. The number of nitrogens with zero attached hydrogens (tertiary/aromatic N) is 2. The number of aromatic amines is 1. The topological polar surface area (TPSA) is 101 Å². The van der Waals surface area contributed by atoms with Crippen LogP contribution in [0.4, 0.5) is 5.69 Å². The van der Waals surface area contributed by atoms with Gasteiger partial charge in [0.15, 0.2) is 0 Å². The molecule has 0 radical (unpaired) electrons. The number of nitro benzene ring substituents is 1. The van der Waals surface area contributed by atoms with E-state index in [2.05, 4.69) is 15.3 Å². The number of carbonyl (C=O) groups excluding carboxylic acids is 1. The second kappa shape index (κ2) is 6.49. The highest BCUT2D eigenvalue weighted by Crippen LogP contribution is 2.19. The molecule has 0 saturated heterocycles. The van der Waals surface area contributed by atoms with Crippen LogP contribution in [0.2, 0.25) is 0 Å². The molecule has 0 fully saturated rings. The zero-order valence-corrected chi connectivity index (χ0v) is 13.0. The average Bonchev–Trinajstić information content (AvgIpc) is 2.99. The SMILES string of the molecule is C[C@H](NC(=O)Cc1ccccc1[N+](=O)[O-])c1nc2ccccc2[nH]1. The summed E-state index contributed by atoms with van der Waals surface area (Å²) in [6.45, 7) is 1.81. The van der Waals surface area contributed by atoms with Gasteiger partial charge in [0.2, 0.25) is 5.91 Å². The van der Waals surface area contributed by atoms with Crippen LogP contribution in [0, 0.1) is 10.1 Å². The van der Waals surface area contributed by atoms with E-state index in [-0.39, 0.29) is 24.1 Å². The molecule has 24 heavy (non-hydrogen) atoms. The van der Waals surface area contributed by atoms with Gasteiger partial charge in [-0.3, -0.25) is 14.9 Å². The van der Waals surface area contributed by atoms with Crippen molar-refractivity contribution in [1.82, 2.24) is 15.3 Å². The van der Waals surface area contributed by atoms with E-state index in [4.69, 9.17) is 0 Å². The minimum Gasteiger partial charge on any atom is -0.346 e. The van der Waals surface area contributed by atoms with Crippen molar-refractivity contribution in [1.29, 1.82) is 0 Å². The van der Waals surface area contributed by atoms with Gasteiger partial charge in [0.1, 0.15) is 5.82 Å². The van der Waals surface area contributed by atoms with E-state index in [9.17, 15) is 14.9 Å². The van der Waals surface area contributed by atoms with E-state index in [1.807, 2.05) is 31.2 Å². The van der Waals surface area contributed by atoms with Gasteiger partial charge in [0.05, 0.1) is 28.4 Å². The number of fused-ring (bicyclic) bond motifs is 1. The number of rotatable bonds is 5. The Hall–Kier alpha value is -3.22. The Bertz CT molecular complexity index is 870. The molecule has 1 amide bonds. The van der Waals surface area contributed by atoms with Crippen molar-refractivity contribution in [3.63, 3.8) is 0 Å². The monoisotopic (exact) mass is 324 g/mol. The predicted molar refractivity (Wildman–Crippen MR) is 89.5 cm³/mol. The van der Waals surface area contributed by atoms with E-state index in [1.165, 1.54) is 6.07 Å². The van der Waals surface area contributed by atoms with Crippen LogP contribution in [0.1, 0.15) is 24.4 Å². The Labute approximate surface area is 137 Å². The van der Waals surface area contributed by atoms with Gasteiger partial charge in [-0.1, -0.05) is 30.3 Å². The smallest absolute Gasteiger partial charge is 0.273 e. The maximum atomic E-state index is 12.2. The van der Waals surface area contributed by atoms with E-state index < -0.39 is 4.92 Å². The Balaban J connectivity index is 1.71. The van der Waals surface area contributed by atoms with Gasteiger partial charge < -0.3 is 10.3 Å². The molecule has 1 aromatic heterocycles. The number of amides is 1. The average molecular weight is 324 g/mol. The number of aromatic nitrogens is 2. The molecule has 0 aliphatic rings. The Morgan fingerprint density at radius 1 is 1.25 bits per heavy atom. The number of carbonyl (C=O) groups is 1. The first-order valence-electron chi connectivity index (χ1n) is 7.51.